The van der Waals surface area contributed by atoms with Gasteiger partial charge in [0.1, 0.15) is 12.2 Å². The summed E-state index contributed by atoms with van der Waals surface area (Å²) in [5.74, 6) is 5.41. The molecule has 2 heteroatoms. The van der Waals surface area contributed by atoms with Crippen LogP contribution in [0.5, 0.6) is 0 Å². The maximum absolute atomic E-state index is 9.43. The number of hydrogen-bond acceptors (Lipinski definition) is 2. The van der Waals surface area contributed by atoms with E-state index >= 15 is 0 Å². The lowest BCUT2D eigenvalue weighted by molar-refractivity contribution is 0.204. The molecule has 2 atom stereocenters. The Hall–Kier alpha value is -0.520. The fraction of sp³-hybridized carbons (Fsp3) is 0.833. The molecule has 0 amide bonds. The molecule has 0 aromatic carbocycles. The third-order valence-corrected chi connectivity index (χ3v) is 2.62. The molecule has 0 saturated carbocycles. The van der Waals surface area contributed by atoms with E-state index in [9.17, 15) is 10.2 Å². The molecule has 0 aromatic heterocycles. The predicted octanol–water partition coefficient (Wildman–Crippen LogP) is 1.85. The van der Waals surface area contributed by atoms with Crippen LogP contribution in [0, 0.1) is 11.8 Å². The molecule has 0 aliphatic heterocycles. The topological polar surface area (TPSA) is 40.5 Å². The van der Waals surface area contributed by atoms with E-state index in [4.69, 9.17) is 0 Å². The van der Waals surface area contributed by atoms with Gasteiger partial charge in [0.05, 0.1) is 0 Å². The molecule has 0 fully saturated rings. The quantitative estimate of drug-likeness (QED) is 0.580. The van der Waals surface area contributed by atoms with Crippen molar-refractivity contribution in [3.8, 4) is 11.8 Å². The lowest BCUT2D eigenvalue weighted by Crippen LogP contribution is -2.07. The van der Waals surface area contributed by atoms with Crippen LogP contribution < -0.4 is 0 Å². The van der Waals surface area contributed by atoms with E-state index < -0.39 is 12.2 Å². The first-order valence-corrected chi connectivity index (χ1v) is 5.66. The van der Waals surface area contributed by atoms with E-state index in [1.165, 1.54) is 25.7 Å². The van der Waals surface area contributed by atoms with Crippen molar-refractivity contribution in [2.24, 2.45) is 0 Å². The second-order valence-corrected chi connectivity index (χ2v) is 4.02. The molecule has 0 aromatic rings. The van der Waals surface area contributed by atoms with Crippen LogP contribution in [0.2, 0.25) is 0 Å². The molecule has 2 unspecified atom stereocenters. The molecule has 2 N–H and O–H groups in total. The van der Waals surface area contributed by atoms with Gasteiger partial charge in [-0.2, -0.15) is 0 Å². The summed E-state index contributed by atoms with van der Waals surface area (Å²) in [4.78, 5) is 0. The summed E-state index contributed by atoms with van der Waals surface area (Å²) in [6.07, 6.45) is 7.40. The first-order chi connectivity index (χ1) is 6.79. The van der Waals surface area contributed by atoms with Crippen molar-refractivity contribution in [2.75, 3.05) is 0 Å². The van der Waals surface area contributed by atoms with E-state index in [0.29, 0.717) is 0 Å². The number of rotatable bonds is 0. The molecule has 1 aliphatic carbocycles. The van der Waals surface area contributed by atoms with Crippen LogP contribution in [-0.4, -0.2) is 22.4 Å². The lowest BCUT2D eigenvalue weighted by atomic mass is 10.0. The van der Waals surface area contributed by atoms with E-state index in [1.807, 2.05) is 0 Å². The van der Waals surface area contributed by atoms with Gasteiger partial charge in [0.2, 0.25) is 0 Å². The van der Waals surface area contributed by atoms with E-state index in [-0.39, 0.29) is 0 Å². The highest BCUT2D eigenvalue weighted by Crippen LogP contribution is 2.11. The molecule has 1 aliphatic rings. The van der Waals surface area contributed by atoms with E-state index in [1.54, 1.807) is 0 Å². The maximum Gasteiger partial charge on any atom is 0.114 e. The van der Waals surface area contributed by atoms with Crippen LogP contribution in [-0.2, 0) is 0 Å². The molecule has 0 bridgehead atoms. The van der Waals surface area contributed by atoms with Gasteiger partial charge in [0.25, 0.3) is 0 Å². The second-order valence-electron chi connectivity index (χ2n) is 4.02. The molecule has 0 spiro atoms. The van der Waals surface area contributed by atoms with Crippen LogP contribution in [0.25, 0.3) is 0 Å². The average Bonchev–Trinajstić information content (AvgIpc) is 2.17. The molecule has 0 saturated heterocycles. The molecule has 2 nitrogen and oxygen atoms in total. The molecule has 14 heavy (non-hydrogen) atoms. The van der Waals surface area contributed by atoms with Gasteiger partial charge < -0.3 is 10.2 Å². The summed E-state index contributed by atoms with van der Waals surface area (Å²) in [7, 11) is 0. The third kappa shape index (κ3) is 5.26. The Morgan fingerprint density at radius 1 is 0.643 bits per heavy atom. The highest BCUT2D eigenvalue weighted by molar-refractivity contribution is 5.08. The Morgan fingerprint density at radius 2 is 1.00 bits per heavy atom. The average molecular weight is 196 g/mol. The fourth-order valence-corrected chi connectivity index (χ4v) is 1.72. The van der Waals surface area contributed by atoms with Crippen molar-refractivity contribution in [2.45, 2.75) is 63.6 Å². The van der Waals surface area contributed by atoms with Crippen LogP contribution in [0.1, 0.15) is 51.4 Å². The molecule has 1 rings (SSSR count). The van der Waals surface area contributed by atoms with Gasteiger partial charge in [0.15, 0.2) is 0 Å². The minimum absolute atomic E-state index is 0.538. The van der Waals surface area contributed by atoms with Crippen LogP contribution in [0.4, 0.5) is 0 Å². The van der Waals surface area contributed by atoms with Gasteiger partial charge >= 0.3 is 0 Å². The summed E-state index contributed by atoms with van der Waals surface area (Å²) >= 11 is 0. The van der Waals surface area contributed by atoms with Crippen molar-refractivity contribution in [1.29, 1.82) is 0 Å². The van der Waals surface area contributed by atoms with Crippen molar-refractivity contribution in [1.82, 2.24) is 0 Å². The number of aliphatic hydroxyl groups excluding tert-OH is 2. The number of aliphatic hydroxyl groups is 2. The van der Waals surface area contributed by atoms with Crippen molar-refractivity contribution in [3.63, 3.8) is 0 Å². The molecule has 80 valence electrons. The zero-order valence-corrected chi connectivity index (χ0v) is 8.71. The highest BCUT2D eigenvalue weighted by Gasteiger charge is 2.03. The minimum atomic E-state index is -0.538. The van der Waals surface area contributed by atoms with Gasteiger partial charge in [-0.15, -0.1) is 0 Å². The van der Waals surface area contributed by atoms with Crippen LogP contribution >= 0.6 is 0 Å². The van der Waals surface area contributed by atoms with Gasteiger partial charge in [-0.3, -0.25) is 0 Å². The molecular formula is C12H20O2. The summed E-state index contributed by atoms with van der Waals surface area (Å²) in [6.45, 7) is 0. The van der Waals surface area contributed by atoms with Crippen LogP contribution in [0.3, 0.4) is 0 Å². The SMILES string of the molecule is OC1C#CC(O)CCCCCCCC1. The summed E-state index contributed by atoms with van der Waals surface area (Å²) in [5.41, 5.74) is 0. The summed E-state index contributed by atoms with van der Waals surface area (Å²) < 4.78 is 0. The standard InChI is InChI=1S/C12H20O2/c13-11-7-5-3-1-2-4-6-8-12(14)10-9-11/h11-14H,1-8H2. The smallest absolute Gasteiger partial charge is 0.114 e. The van der Waals surface area contributed by atoms with Gasteiger partial charge in [-0.1, -0.05) is 37.5 Å². The summed E-state index contributed by atoms with van der Waals surface area (Å²) in [5, 5.41) is 18.9. The Labute approximate surface area is 86.3 Å². The Bertz CT molecular complexity index is 182. The largest absolute Gasteiger partial charge is 0.380 e. The van der Waals surface area contributed by atoms with Crippen molar-refractivity contribution in [3.05, 3.63) is 0 Å². The maximum atomic E-state index is 9.43. The molecule has 0 heterocycles. The molecular weight excluding hydrogens is 176 g/mol. The first kappa shape index (κ1) is 11.6. The zero-order chi connectivity index (χ0) is 10.2. The van der Waals surface area contributed by atoms with Crippen molar-refractivity contribution >= 4 is 0 Å². The Balaban J connectivity index is 2.39. The first-order valence-electron chi connectivity index (χ1n) is 5.66. The Kier molecular flexibility index (Phi) is 5.66. The lowest BCUT2D eigenvalue weighted by Gasteiger charge is -2.07. The molecule has 0 radical (unpaired) electrons. The monoisotopic (exact) mass is 196 g/mol. The predicted molar refractivity (Wildman–Crippen MR) is 56.7 cm³/mol. The third-order valence-electron chi connectivity index (χ3n) is 2.62. The van der Waals surface area contributed by atoms with Crippen molar-refractivity contribution < 1.29 is 10.2 Å². The van der Waals surface area contributed by atoms with E-state index in [2.05, 4.69) is 11.8 Å². The normalized spacial score (nSPS) is 30.7. The highest BCUT2D eigenvalue weighted by atomic mass is 16.3. The van der Waals surface area contributed by atoms with Crippen LogP contribution in [0.15, 0.2) is 0 Å². The van der Waals surface area contributed by atoms with E-state index in [0.717, 1.165) is 25.7 Å². The van der Waals surface area contributed by atoms with Gasteiger partial charge in [-0.25, -0.2) is 0 Å². The fourth-order valence-electron chi connectivity index (χ4n) is 1.72. The Morgan fingerprint density at radius 3 is 1.43 bits per heavy atom. The van der Waals surface area contributed by atoms with Gasteiger partial charge in [0, 0.05) is 0 Å². The van der Waals surface area contributed by atoms with Gasteiger partial charge in [-0.05, 0) is 25.7 Å². The number of hydrogen-bond donors (Lipinski definition) is 2. The minimum Gasteiger partial charge on any atom is -0.380 e. The second kappa shape index (κ2) is 6.86. The summed E-state index contributed by atoms with van der Waals surface area (Å²) in [6, 6.07) is 0. The zero-order valence-electron chi connectivity index (χ0n) is 8.71.